The molecule has 0 unspecified atom stereocenters. The Kier molecular flexibility index (Phi) is 5.87. The standard InChI is InChI=1S/C17H14ClF2NO3/c1-10-2-3-11(6-15(10)20)8-21-16(22)9-24-17(23)13-7-12(18)4-5-14(13)19/h2-7H,8-9H2,1H3,(H,21,22). The van der Waals surface area contributed by atoms with Crippen LogP contribution in [-0.4, -0.2) is 18.5 Å². The van der Waals surface area contributed by atoms with E-state index in [0.717, 1.165) is 12.1 Å². The fourth-order valence-corrected chi connectivity index (χ4v) is 2.03. The number of ether oxygens (including phenoxy) is 1. The number of halogens is 3. The van der Waals surface area contributed by atoms with Crippen LogP contribution in [0.25, 0.3) is 0 Å². The summed E-state index contributed by atoms with van der Waals surface area (Å²) >= 11 is 5.68. The molecule has 1 amide bonds. The number of carbonyl (C=O) groups excluding carboxylic acids is 2. The molecule has 0 radical (unpaired) electrons. The summed E-state index contributed by atoms with van der Waals surface area (Å²) in [5.41, 5.74) is 0.720. The lowest BCUT2D eigenvalue weighted by molar-refractivity contribution is -0.124. The highest BCUT2D eigenvalue weighted by Gasteiger charge is 2.15. The summed E-state index contributed by atoms with van der Waals surface area (Å²) < 4.78 is 31.6. The molecule has 0 aliphatic rings. The second-order valence-corrected chi connectivity index (χ2v) is 5.50. The number of hydrogen-bond donors (Lipinski definition) is 1. The molecule has 2 aromatic rings. The molecule has 0 aliphatic heterocycles. The Morgan fingerprint density at radius 2 is 1.88 bits per heavy atom. The first kappa shape index (κ1) is 17.9. The Balaban J connectivity index is 1.85. The molecule has 2 aromatic carbocycles. The fourth-order valence-electron chi connectivity index (χ4n) is 1.86. The molecule has 0 atom stereocenters. The molecule has 2 rings (SSSR count). The third-order valence-electron chi connectivity index (χ3n) is 3.21. The predicted octanol–water partition coefficient (Wildman–Crippen LogP) is 3.40. The van der Waals surface area contributed by atoms with E-state index in [2.05, 4.69) is 5.32 Å². The highest BCUT2D eigenvalue weighted by Crippen LogP contribution is 2.15. The Hall–Kier alpha value is -2.47. The van der Waals surface area contributed by atoms with Crippen LogP contribution < -0.4 is 5.32 Å². The summed E-state index contributed by atoms with van der Waals surface area (Å²) in [5, 5.41) is 2.65. The summed E-state index contributed by atoms with van der Waals surface area (Å²) in [5.74, 6) is -2.75. The van der Waals surface area contributed by atoms with Gasteiger partial charge in [0.25, 0.3) is 5.91 Å². The Labute approximate surface area is 142 Å². The van der Waals surface area contributed by atoms with Gasteiger partial charge < -0.3 is 10.1 Å². The van der Waals surface area contributed by atoms with Crippen molar-refractivity contribution in [3.8, 4) is 0 Å². The van der Waals surface area contributed by atoms with E-state index in [4.69, 9.17) is 16.3 Å². The van der Waals surface area contributed by atoms with Crippen LogP contribution in [0.3, 0.4) is 0 Å². The zero-order valence-corrected chi connectivity index (χ0v) is 13.5. The molecule has 0 heterocycles. The number of benzene rings is 2. The van der Waals surface area contributed by atoms with Gasteiger partial charge in [-0.05, 0) is 42.3 Å². The maximum atomic E-state index is 13.5. The first-order valence-corrected chi connectivity index (χ1v) is 7.38. The van der Waals surface area contributed by atoms with E-state index in [1.807, 2.05) is 0 Å². The van der Waals surface area contributed by atoms with Crippen molar-refractivity contribution in [1.29, 1.82) is 0 Å². The Morgan fingerprint density at radius 1 is 1.12 bits per heavy atom. The number of nitrogens with one attached hydrogen (secondary N) is 1. The second-order valence-electron chi connectivity index (χ2n) is 5.06. The van der Waals surface area contributed by atoms with E-state index >= 15 is 0 Å². The smallest absolute Gasteiger partial charge is 0.341 e. The number of hydrogen-bond acceptors (Lipinski definition) is 3. The van der Waals surface area contributed by atoms with Crippen molar-refractivity contribution < 1.29 is 23.1 Å². The zero-order valence-electron chi connectivity index (χ0n) is 12.7. The van der Waals surface area contributed by atoms with Gasteiger partial charge in [-0.15, -0.1) is 0 Å². The molecule has 0 spiro atoms. The van der Waals surface area contributed by atoms with Crippen LogP contribution in [0.4, 0.5) is 8.78 Å². The van der Waals surface area contributed by atoms with Crippen LogP contribution in [0.1, 0.15) is 21.5 Å². The largest absolute Gasteiger partial charge is 0.452 e. The zero-order chi connectivity index (χ0) is 17.7. The maximum absolute atomic E-state index is 13.5. The summed E-state index contributed by atoms with van der Waals surface area (Å²) in [6.45, 7) is 1.13. The first-order valence-electron chi connectivity index (χ1n) is 7.00. The van der Waals surface area contributed by atoms with Crippen molar-refractivity contribution in [3.05, 3.63) is 69.7 Å². The normalized spacial score (nSPS) is 10.3. The topological polar surface area (TPSA) is 55.4 Å². The Bertz CT molecular complexity index is 780. The molecule has 4 nitrogen and oxygen atoms in total. The predicted molar refractivity (Wildman–Crippen MR) is 84.7 cm³/mol. The van der Waals surface area contributed by atoms with Crippen molar-refractivity contribution in [2.24, 2.45) is 0 Å². The molecule has 0 aliphatic carbocycles. The van der Waals surface area contributed by atoms with Gasteiger partial charge in [-0.2, -0.15) is 0 Å². The molecule has 0 bridgehead atoms. The van der Waals surface area contributed by atoms with Crippen molar-refractivity contribution in [2.45, 2.75) is 13.5 Å². The van der Waals surface area contributed by atoms with E-state index in [1.165, 1.54) is 12.1 Å². The summed E-state index contributed by atoms with van der Waals surface area (Å²) in [7, 11) is 0. The lowest BCUT2D eigenvalue weighted by Crippen LogP contribution is -2.28. The van der Waals surface area contributed by atoms with Crippen LogP contribution in [0.2, 0.25) is 5.02 Å². The Morgan fingerprint density at radius 3 is 2.58 bits per heavy atom. The number of amides is 1. The molecule has 0 saturated heterocycles. The lowest BCUT2D eigenvalue weighted by Gasteiger charge is -2.08. The van der Waals surface area contributed by atoms with Crippen LogP contribution in [0, 0.1) is 18.6 Å². The number of aryl methyl sites for hydroxylation is 1. The molecule has 0 fully saturated rings. The monoisotopic (exact) mass is 353 g/mol. The van der Waals surface area contributed by atoms with Gasteiger partial charge in [0.2, 0.25) is 0 Å². The van der Waals surface area contributed by atoms with Crippen LogP contribution in [0.15, 0.2) is 36.4 Å². The second kappa shape index (κ2) is 7.88. The molecule has 126 valence electrons. The highest BCUT2D eigenvalue weighted by molar-refractivity contribution is 6.30. The van der Waals surface area contributed by atoms with Gasteiger partial charge in [0.05, 0.1) is 5.56 Å². The van der Waals surface area contributed by atoms with Gasteiger partial charge >= 0.3 is 5.97 Å². The number of esters is 1. The van der Waals surface area contributed by atoms with E-state index in [1.54, 1.807) is 19.1 Å². The molecule has 0 aromatic heterocycles. The van der Waals surface area contributed by atoms with Gasteiger partial charge in [0.1, 0.15) is 11.6 Å². The minimum atomic E-state index is -0.994. The van der Waals surface area contributed by atoms with Crippen LogP contribution in [-0.2, 0) is 16.1 Å². The van der Waals surface area contributed by atoms with Gasteiger partial charge in [0, 0.05) is 11.6 Å². The summed E-state index contributed by atoms with van der Waals surface area (Å²) in [6, 6.07) is 8.02. The van der Waals surface area contributed by atoms with Crippen LogP contribution in [0.5, 0.6) is 0 Å². The van der Waals surface area contributed by atoms with Crippen molar-refractivity contribution >= 4 is 23.5 Å². The van der Waals surface area contributed by atoms with E-state index in [-0.39, 0.29) is 22.9 Å². The van der Waals surface area contributed by atoms with Crippen molar-refractivity contribution in [2.75, 3.05) is 6.61 Å². The SMILES string of the molecule is Cc1ccc(CNC(=O)COC(=O)c2cc(Cl)ccc2F)cc1F. The third-order valence-corrected chi connectivity index (χ3v) is 3.44. The molecule has 24 heavy (non-hydrogen) atoms. The van der Waals surface area contributed by atoms with E-state index in [9.17, 15) is 18.4 Å². The average molecular weight is 354 g/mol. The third kappa shape index (κ3) is 4.76. The van der Waals surface area contributed by atoms with E-state index in [0.29, 0.717) is 11.1 Å². The summed E-state index contributed by atoms with van der Waals surface area (Å²) in [4.78, 5) is 23.4. The van der Waals surface area contributed by atoms with Gasteiger partial charge in [0.15, 0.2) is 6.61 Å². The highest BCUT2D eigenvalue weighted by atomic mass is 35.5. The fraction of sp³-hybridized carbons (Fsp3) is 0.176. The lowest BCUT2D eigenvalue weighted by atomic mass is 10.1. The molecular weight excluding hydrogens is 340 g/mol. The van der Waals surface area contributed by atoms with E-state index < -0.39 is 24.3 Å². The molecule has 7 heteroatoms. The number of rotatable bonds is 5. The quantitative estimate of drug-likeness (QED) is 0.838. The van der Waals surface area contributed by atoms with Gasteiger partial charge in [-0.3, -0.25) is 4.79 Å². The van der Waals surface area contributed by atoms with Gasteiger partial charge in [-0.25, -0.2) is 13.6 Å². The number of carbonyl (C=O) groups is 2. The molecule has 1 N–H and O–H groups in total. The maximum Gasteiger partial charge on any atom is 0.341 e. The minimum absolute atomic E-state index is 0.0825. The summed E-state index contributed by atoms with van der Waals surface area (Å²) in [6.07, 6.45) is 0. The van der Waals surface area contributed by atoms with Crippen molar-refractivity contribution in [1.82, 2.24) is 5.32 Å². The van der Waals surface area contributed by atoms with Crippen molar-refractivity contribution in [3.63, 3.8) is 0 Å². The van der Waals surface area contributed by atoms with Gasteiger partial charge in [-0.1, -0.05) is 23.7 Å². The molecule has 0 saturated carbocycles. The first-order chi connectivity index (χ1) is 11.4. The van der Waals surface area contributed by atoms with Crippen LogP contribution >= 0.6 is 11.6 Å². The minimum Gasteiger partial charge on any atom is -0.452 e. The average Bonchev–Trinajstić information content (AvgIpc) is 2.56. The molecular formula is C17H14ClF2NO3.